The van der Waals surface area contributed by atoms with Crippen molar-refractivity contribution in [1.29, 1.82) is 0 Å². The van der Waals surface area contributed by atoms with Gasteiger partial charge >= 0.3 is 6.03 Å². The molecule has 2 N–H and O–H groups in total. The molecule has 30 heavy (non-hydrogen) atoms. The van der Waals surface area contributed by atoms with Gasteiger partial charge in [-0.2, -0.15) is 0 Å². The van der Waals surface area contributed by atoms with Crippen molar-refractivity contribution >= 4 is 46.3 Å². The second-order valence-corrected chi connectivity index (χ2v) is 8.44. The van der Waals surface area contributed by atoms with E-state index < -0.39 is 0 Å². The molecule has 154 valence electrons. The second-order valence-electron chi connectivity index (χ2n) is 7.03. The van der Waals surface area contributed by atoms with Crippen molar-refractivity contribution in [2.45, 2.75) is 25.8 Å². The molecule has 0 bridgehead atoms. The monoisotopic (exact) mass is 441 g/mol. The summed E-state index contributed by atoms with van der Waals surface area (Å²) in [5, 5.41) is 15.3. The number of nitrogens with zero attached hydrogens (tertiary/aromatic N) is 3. The molecule has 1 fully saturated rings. The highest BCUT2D eigenvalue weighted by atomic mass is 35.5. The van der Waals surface area contributed by atoms with E-state index in [1.165, 1.54) is 11.3 Å². The third kappa shape index (κ3) is 4.44. The van der Waals surface area contributed by atoms with E-state index in [0.717, 1.165) is 18.4 Å². The van der Waals surface area contributed by atoms with Crippen LogP contribution in [0, 0.1) is 6.92 Å². The van der Waals surface area contributed by atoms with Crippen molar-refractivity contribution in [2.24, 2.45) is 0 Å². The first-order valence-electron chi connectivity index (χ1n) is 9.55. The van der Waals surface area contributed by atoms with Crippen molar-refractivity contribution < 1.29 is 9.59 Å². The summed E-state index contributed by atoms with van der Waals surface area (Å²) in [6.45, 7) is 2.59. The van der Waals surface area contributed by atoms with Gasteiger partial charge in [-0.3, -0.25) is 4.79 Å². The van der Waals surface area contributed by atoms with Crippen molar-refractivity contribution in [3.8, 4) is 0 Å². The Morgan fingerprint density at radius 2 is 1.87 bits per heavy atom. The fourth-order valence-electron chi connectivity index (χ4n) is 3.30. The van der Waals surface area contributed by atoms with E-state index in [-0.39, 0.29) is 23.0 Å². The Morgan fingerprint density at radius 1 is 1.10 bits per heavy atom. The van der Waals surface area contributed by atoms with Gasteiger partial charge in [0.05, 0.1) is 16.8 Å². The third-order valence-corrected chi connectivity index (χ3v) is 6.21. The number of carbonyl (C=O) groups is 2. The smallest absolute Gasteiger partial charge is 0.320 e. The lowest BCUT2D eigenvalue weighted by Gasteiger charge is -2.23. The van der Waals surface area contributed by atoms with Crippen LogP contribution in [0.25, 0.3) is 0 Å². The van der Waals surface area contributed by atoms with E-state index in [2.05, 4.69) is 20.8 Å². The van der Waals surface area contributed by atoms with Crippen molar-refractivity contribution in [2.75, 3.05) is 17.2 Å². The zero-order chi connectivity index (χ0) is 21.1. The van der Waals surface area contributed by atoms with Crippen LogP contribution in [0.15, 0.2) is 48.5 Å². The molecule has 1 aromatic heterocycles. The Kier molecular flexibility index (Phi) is 5.96. The number of nitrogens with one attached hydrogen (secondary N) is 2. The van der Waals surface area contributed by atoms with Crippen molar-refractivity contribution in [3.63, 3.8) is 0 Å². The van der Waals surface area contributed by atoms with Gasteiger partial charge in [-0.25, -0.2) is 4.79 Å². The number of likely N-dealkylation sites (tertiary alicyclic amines) is 1. The predicted octanol–water partition coefficient (Wildman–Crippen LogP) is 5.12. The predicted molar refractivity (Wildman–Crippen MR) is 118 cm³/mol. The molecule has 0 aliphatic carbocycles. The minimum absolute atomic E-state index is 0.217. The maximum atomic E-state index is 12.8. The molecule has 1 atom stereocenters. The third-order valence-electron chi connectivity index (χ3n) is 4.86. The number of aryl methyl sites for hydroxylation is 1. The van der Waals surface area contributed by atoms with Gasteiger partial charge in [-0.1, -0.05) is 52.8 Å². The normalized spacial score (nSPS) is 15.8. The van der Waals surface area contributed by atoms with Gasteiger partial charge in [-0.15, -0.1) is 10.2 Å². The van der Waals surface area contributed by atoms with Crippen LogP contribution in [-0.4, -0.2) is 33.6 Å². The lowest BCUT2D eigenvalue weighted by Crippen LogP contribution is -2.34. The molecule has 9 heteroatoms. The number of aromatic nitrogens is 2. The molecular formula is C21H20ClN5O2S. The fourth-order valence-corrected chi connectivity index (χ4v) is 4.37. The first-order valence-corrected chi connectivity index (χ1v) is 10.7. The van der Waals surface area contributed by atoms with Crippen LogP contribution in [0.1, 0.15) is 39.3 Å². The van der Waals surface area contributed by atoms with Crippen LogP contribution >= 0.6 is 22.9 Å². The molecule has 0 radical (unpaired) electrons. The summed E-state index contributed by atoms with van der Waals surface area (Å²) < 4.78 is 0. The van der Waals surface area contributed by atoms with Gasteiger partial charge in [0.1, 0.15) is 5.01 Å². The number of halogens is 1. The minimum atomic E-state index is -0.312. The molecule has 0 spiro atoms. The number of urea groups is 1. The van der Waals surface area contributed by atoms with Gasteiger partial charge in [0.2, 0.25) is 5.01 Å². The molecule has 1 aliphatic heterocycles. The molecule has 3 amide bonds. The molecule has 2 aromatic carbocycles. The van der Waals surface area contributed by atoms with E-state index in [0.29, 0.717) is 27.9 Å². The van der Waals surface area contributed by atoms with Crippen molar-refractivity contribution in [3.05, 3.63) is 69.1 Å². The lowest BCUT2D eigenvalue weighted by molar-refractivity contribution is 0.102. The number of hydrogen-bond donors (Lipinski definition) is 2. The number of carbonyl (C=O) groups excluding carboxylic acids is 2. The van der Waals surface area contributed by atoms with E-state index in [1.54, 1.807) is 23.1 Å². The fraction of sp³-hybridized carbons (Fsp3) is 0.238. The Morgan fingerprint density at radius 3 is 2.63 bits per heavy atom. The number of amides is 3. The Hall–Kier alpha value is -2.97. The van der Waals surface area contributed by atoms with Crippen LogP contribution in [0.5, 0.6) is 0 Å². The standard InChI is InChI=1S/C21H20ClN5O2S/c1-13-8-10-14(11-9-13)23-18(28)20-26-25-19(30-20)17-7-4-12-27(17)21(29)24-16-6-3-2-5-15(16)22/h2-3,5-6,8-11,17H,4,7,12H2,1H3,(H,23,28)(H,24,29)/t17-/m0/s1. The van der Waals surface area contributed by atoms with Crippen LogP contribution in [-0.2, 0) is 0 Å². The van der Waals surface area contributed by atoms with Gasteiger partial charge in [0.15, 0.2) is 0 Å². The molecule has 3 aromatic rings. The number of para-hydroxylation sites is 1. The van der Waals surface area contributed by atoms with Crippen LogP contribution in [0.2, 0.25) is 5.02 Å². The first-order chi connectivity index (χ1) is 14.5. The molecule has 1 saturated heterocycles. The van der Waals surface area contributed by atoms with Crippen LogP contribution < -0.4 is 10.6 Å². The Bertz CT molecular complexity index is 1070. The quantitative estimate of drug-likeness (QED) is 0.588. The van der Waals surface area contributed by atoms with E-state index in [9.17, 15) is 9.59 Å². The summed E-state index contributed by atoms with van der Waals surface area (Å²) in [5.41, 5.74) is 2.37. The van der Waals surface area contributed by atoms with E-state index in [4.69, 9.17) is 11.6 Å². The lowest BCUT2D eigenvalue weighted by atomic mass is 10.2. The zero-order valence-electron chi connectivity index (χ0n) is 16.3. The first kappa shape index (κ1) is 20.3. The summed E-state index contributed by atoms with van der Waals surface area (Å²) in [7, 11) is 0. The summed E-state index contributed by atoms with van der Waals surface area (Å²) >= 11 is 7.35. The molecule has 1 aliphatic rings. The van der Waals surface area contributed by atoms with Gasteiger partial charge in [0.25, 0.3) is 5.91 Å². The van der Waals surface area contributed by atoms with Crippen LogP contribution in [0.4, 0.5) is 16.2 Å². The van der Waals surface area contributed by atoms with Gasteiger partial charge in [-0.05, 0) is 44.0 Å². The van der Waals surface area contributed by atoms with E-state index >= 15 is 0 Å². The zero-order valence-corrected chi connectivity index (χ0v) is 17.8. The number of anilines is 2. The highest BCUT2D eigenvalue weighted by molar-refractivity contribution is 7.13. The summed E-state index contributed by atoms with van der Waals surface area (Å²) in [5.74, 6) is -0.312. The topological polar surface area (TPSA) is 87.2 Å². The number of benzene rings is 2. The van der Waals surface area contributed by atoms with Crippen molar-refractivity contribution in [1.82, 2.24) is 15.1 Å². The van der Waals surface area contributed by atoms with Gasteiger partial charge < -0.3 is 15.5 Å². The minimum Gasteiger partial charge on any atom is -0.320 e. The Balaban J connectivity index is 1.45. The highest BCUT2D eigenvalue weighted by Crippen LogP contribution is 2.34. The SMILES string of the molecule is Cc1ccc(NC(=O)c2nnc([C@@H]3CCCN3C(=O)Nc3ccccc3Cl)s2)cc1. The molecule has 0 saturated carbocycles. The maximum Gasteiger partial charge on any atom is 0.322 e. The number of hydrogen-bond acceptors (Lipinski definition) is 5. The van der Waals surface area contributed by atoms with E-state index in [1.807, 2.05) is 37.3 Å². The second kappa shape index (κ2) is 8.81. The van der Waals surface area contributed by atoms with Crippen LogP contribution in [0.3, 0.4) is 0 Å². The summed E-state index contributed by atoms with van der Waals surface area (Å²) in [6, 6.07) is 14.2. The average molecular weight is 442 g/mol. The Labute approximate surface area is 183 Å². The average Bonchev–Trinajstić information content (AvgIpc) is 3.40. The molecule has 2 heterocycles. The molecule has 7 nitrogen and oxygen atoms in total. The summed E-state index contributed by atoms with van der Waals surface area (Å²) in [4.78, 5) is 27.0. The number of rotatable bonds is 4. The summed E-state index contributed by atoms with van der Waals surface area (Å²) in [6.07, 6.45) is 1.62. The highest BCUT2D eigenvalue weighted by Gasteiger charge is 2.33. The van der Waals surface area contributed by atoms with Gasteiger partial charge in [0, 0.05) is 12.2 Å². The maximum absolute atomic E-state index is 12.8. The largest absolute Gasteiger partial charge is 0.322 e. The molecular weight excluding hydrogens is 422 g/mol. The molecule has 4 rings (SSSR count). The molecule has 0 unspecified atom stereocenters.